The first-order chi connectivity index (χ1) is 12.3. The number of nitrogens with one attached hydrogen (secondary N) is 1. The molecule has 1 atom stereocenters. The van der Waals surface area contributed by atoms with Crippen molar-refractivity contribution in [2.24, 2.45) is 0 Å². The van der Waals surface area contributed by atoms with Crippen molar-refractivity contribution >= 4 is 11.6 Å². The Morgan fingerprint density at radius 1 is 1.19 bits per heavy atom. The van der Waals surface area contributed by atoms with E-state index < -0.39 is 6.36 Å². The zero-order valence-electron chi connectivity index (χ0n) is 14.2. The Kier molecular flexibility index (Phi) is 5.18. The van der Waals surface area contributed by atoms with Crippen LogP contribution in [0.25, 0.3) is 0 Å². The number of fused-ring (bicyclic) bond motifs is 1. The maximum absolute atomic E-state index is 12.2. The predicted molar refractivity (Wildman–Crippen MR) is 91.9 cm³/mol. The Bertz CT molecular complexity index is 775. The lowest BCUT2D eigenvalue weighted by molar-refractivity contribution is -0.274. The number of halogens is 3. The van der Waals surface area contributed by atoms with Crippen LogP contribution in [0.3, 0.4) is 0 Å². The molecule has 3 rings (SSSR count). The molecule has 0 aliphatic heterocycles. The third-order valence-corrected chi connectivity index (χ3v) is 4.40. The van der Waals surface area contributed by atoms with Crippen molar-refractivity contribution < 1.29 is 22.7 Å². The second-order valence-electron chi connectivity index (χ2n) is 6.29. The molecule has 1 aliphatic carbocycles. The molecule has 7 heteroatoms. The van der Waals surface area contributed by atoms with Gasteiger partial charge in [0.15, 0.2) is 0 Å². The standard InChI is InChI=1S/C19H19F3N2O2/c1-24(17-11-6-13-4-2-3-5-16(13)17)12-18(25)23-14-7-9-15(10-8-14)26-19(20,21)22/h2-5,7-10,17H,6,11-12H2,1H3,(H,23,25)/t17-/m1/s1. The second-order valence-corrected chi connectivity index (χ2v) is 6.29. The van der Waals surface area contributed by atoms with Crippen molar-refractivity contribution in [2.75, 3.05) is 18.9 Å². The van der Waals surface area contributed by atoms with Crippen molar-refractivity contribution in [3.8, 4) is 5.75 Å². The Balaban J connectivity index is 1.56. The van der Waals surface area contributed by atoms with E-state index in [4.69, 9.17) is 0 Å². The van der Waals surface area contributed by atoms with Crippen LogP contribution in [0.2, 0.25) is 0 Å². The molecule has 26 heavy (non-hydrogen) atoms. The number of nitrogens with zero attached hydrogens (tertiary/aromatic N) is 1. The van der Waals surface area contributed by atoms with Crippen molar-refractivity contribution in [1.29, 1.82) is 0 Å². The highest BCUT2D eigenvalue weighted by molar-refractivity contribution is 5.92. The van der Waals surface area contributed by atoms with Crippen LogP contribution in [-0.2, 0) is 11.2 Å². The lowest BCUT2D eigenvalue weighted by atomic mass is 10.1. The summed E-state index contributed by atoms with van der Waals surface area (Å²) in [7, 11) is 1.90. The van der Waals surface area contributed by atoms with Crippen molar-refractivity contribution in [1.82, 2.24) is 4.90 Å². The van der Waals surface area contributed by atoms with Gasteiger partial charge < -0.3 is 10.1 Å². The molecule has 1 N–H and O–H groups in total. The molecule has 2 aromatic carbocycles. The van der Waals surface area contributed by atoms with E-state index >= 15 is 0 Å². The van der Waals surface area contributed by atoms with E-state index in [-0.39, 0.29) is 24.2 Å². The van der Waals surface area contributed by atoms with Gasteiger partial charge in [-0.2, -0.15) is 0 Å². The van der Waals surface area contributed by atoms with Crippen molar-refractivity contribution in [3.05, 3.63) is 59.7 Å². The molecule has 0 unspecified atom stereocenters. The van der Waals surface area contributed by atoms with Crippen molar-refractivity contribution in [2.45, 2.75) is 25.2 Å². The molecule has 2 aromatic rings. The van der Waals surface area contributed by atoms with Gasteiger partial charge in [0.25, 0.3) is 0 Å². The average Bonchev–Trinajstić information content (AvgIpc) is 2.99. The van der Waals surface area contributed by atoms with E-state index in [2.05, 4.69) is 22.2 Å². The minimum atomic E-state index is -4.73. The molecule has 0 saturated carbocycles. The number of hydrogen-bond acceptors (Lipinski definition) is 3. The molecule has 0 saturated heterocycles. The summed E-state index contributed by atoms with van der Waals surface area (Å²) >= 11 is 0. The smallest absolute Gasteiger partial charge is 0.406 e. The fraction of sp³-hybridized carbons (Fsp3) is 0.316. The van der Waals surface area contributed by atoms with Gasteiger partial charge in [-0.1, -0.05) is 24.3 Å². The second kappa shape index (κ2) is 7.37. The van der Waals surface area contributed by atoms with Crippen molar-refractivity contribution in [3.63, 3.8) is 0 Å². The summed E-state index contributed by atoms with van der Waals surface area (Å²) in [5.41, 5.74) is 2.98. The maximum atomic E-state index is 12.2. The molecule has 1 amide bonds. The van der Waals surface area contributed by atoms with Crippen LogP contribution < -0.4 is 10.1 Å². The number of carbonyl (C=O) groups excluding carboxylic acids is 1. The van der Waals surface area contributed by atoms with E-state index in [1.807, 2.05) is 24.1 Å². The molecule has 0 spiro atoms. The van der Waals surface area contributed by atoms with Crippen LogP contribution in [0.15, 0.2) is 48.5 Å². The largest absolute Gasteiger partial charge is 0.573 e. The zero-order valence-corrected chi connectivity index (χ0v) is 14.2. The Hall–Kier alpha value is -2.54. The fourth-order valence-corrected chi connectivity index (χ4v) is 3.27. The number of hydrogen-bond donors (Lipinski definition) is 1. The first kappa shape index (κ1) is 18.3. The minimum absolute atomic E-state index is 0.194. The minimum Gasteiger partial charge on any atom is -0.406 e. The topological polar surface area (TPSA) is 41.6 Å². The van der Waals surface area contributed by atoms with Gasteiger partial charge in [-0.3, -0.25) is 9.69 Å². The zero-order chi connectivity index (χ0) is 18.7. The molecule has 0 radical (unpaired) electrons. The number of benzene rings is 2. The van der Waals surface area contributed by atoms with Crippen LogP contribution in [0.1, 0.15) is 23.6 Å². The summed E-state index contributed by atoms with van der Waals surface area (Å²) in [5, 5.41) is 2.69. The van der Waals surface area contributed by atoms with E-state index in [1.165, 1.54) is 35.4 Å². The van der Waals surface area contributed by atoms with E-state index in [1.54, 1.807) is 0 Å². The molecule has 0 aromatic heterocycles. The van der Waals surface area contributed by atoms with Gasteiger partial charge >= 0.3 is 6.36 Å². The SMILES string of the molecule is CN(CC(=O)Nc1ccc(OC(F)(F)F)cc1)[C@@H]1CCc2ccccc21. The van der Waals surface area contributed by atoms with Gasteiger partial charge in [-0.25, -0.2) is 0 Å². The monoisotopic (exact) mass is 364 g/mol. The van der Waals surface area contributed by atoms with Gasteiger partial charge in [0.05, 0.1) is 6.54 Å². The van der Waals surface area contributed by atoms with Crippen LogP contribution in [0.4, 0.5) is 18.9 Å². The summed E-state index contributed by atoms with van der Waals surface area (Å²) in [6.45, 7) is 0.194. The summed E-state index contributed by atoms with van der Waals surface area (Å²) in [4.78, 5) is 14.2. The molecule has 138 valence electrons. The predicted octanol–water partition coefficient (Wildman–Crippen LogP) is 4.14. The number of anilines is 1. The molecule has 4 nitrogen and oxygen atoms in total. The molecular weight excluding hydrogens is 345 g/mol. The Morgan fingerprint density at radius 3 is 2.58 bits per heavy atom. The normalized spacial score (nSPS) is 16.4. The molecule has 0 fully saturated rings. The number of amides is 1. The van der Waals surface area contributed by atoms with Gasteiger partial charge in [0, 0.05) is 11.7 Å². The molecule has 1 aliphatic rings. The number of aryl methyl sites for hydroxylation is 1. The number of rotatable bonds is 5. The highest BCUT2D eigenvalue weighted by Gasteiger charge is 2.31. The molecule has 0 heterocycles. The lowest BCUT2D eigenvalue weighted by Crippen LogP contribution is -2.32. The van der Waals surface area contributed by atoms with Gasteiger partial charge in [-0.05, 0) is 55.3 Å². The lowest BCUT2D eigenvalue weighted by Gasteiger charge is -2.24. The Labute approximate surface area is 149 Å². The molecule has 0 bridgehead atoms. The highest BCUT2D eigenvalue weighted by atomic mass is 19.4. The maximum Gasteiger partial charge on any atom is 0.573 e. The summed E-state index contributed by atoms with van der Waals surface area (Å²) in [6.07, 6.45) is -2.77. The fourth-order valence-electron chi connectivity index (χ4n) is 3.27. The van der Waals surface area contributed by atoms with E-state index in [0.29, 0.717) is 5.69 Å². The van der Waals surface area contributed by atoms with Crippen LogP contribution in [-0.4, -0.2) is 30.8 Å². The van der Waals surface area contributed by atoms with Gasteiger partial charge in [0.1, 0.15) is 5.75 Å². The summed E-state index contributed by atoms with van der Waals surface area (Å²) in [6, 6.07) is 13.5. The van der Waals surface area contributed by atoms with Gasteiger partial charge in [-0.15, -0.1) is 13.2 Å². The number of ether oxygens (including phenoxy) is 1. The quantitative estimate of drug-likeness (QED) is 0.867. The van der Waals surface area contributed by atoms with Crippen LogP contribution in [0, 0.1) is 0 Å². The Morgan fingerprint density at radius 2 is 1.88 bits per heavy atom. The number of likely N-dealkylation sites (N-methyl/N-ethyl adjacent to an activating group) is 1. The molecular formula is C19H19F3N2O2. The first-order valence-electron chi connectivity index (χ1n) is 8.25. The van der Waals surface area contributed by atoms with Crippen LogP contribution in [0.5, 0.6) is 5.75 Å². The third kappa shape index (κ3) is 4.54. The third-order valence-electron chi connectivity index (χ3n) is 4.40. The first-order valence-corrected chi connectivity index (χ1v) is 8.25. The highest BCUT2D eigenvalue weighted by Crippen LogP contribution is 2.34. The summed E-state index contributed by atoms with van der Waals surface area (Å²) in [5.74, 6) is -0.545. The summed E-state index contributed by atoms with van der Waals surface area (Å²) < 4.78 is 40.3. The van der Waals surface area contributed by atoms with Crippen LogP contribution >= 0.6 is 0 Å². The van der Waals surface area contributed by atoms with Gasteiger partial charge in [0.2, 0.25) is 5.91 Å². The van der Waals surface area contributed by atoms with E-state index in [0.717, 1.165) is 12.8 Å². The number of carbonyl (C=O) groups is 1. The number of alkyl halides is 3. The average molecular weight is 364 g/mol. The van der Waals surface area contributed by atoms with E-state index in [9.17, 15) is 18.0 Å².